The molecule has 0 bridgehead atoms. The van der Waals surface area contributed by atoms with Crippen molar-refractivity contribution in [3.8, 4) is 11.5 Å². The van der Waals surface area contributed by atoms with E-state index in [0.717, 1.165) is 17.9 Å². The number of nitrogens with one attached hydrogen (secondary N) is 2. The van der Waals surface area contributed by atoms with E-state index in [2.05, 4.69) is 27.8 Å². The second-order valence-electron chi connectivity index (χ2n) is 5.72. The van der Waals surface area contributed by atoms with Gasteiger partial charge in [-0.15, -0.1) is 0 Å². The first-order valence-corrected chi connectivity index (χ1v) is 8.70. The third kappa shape index (κ3) is 4.79. The lowest BCUT2D eigenvalue weighted by molar-refractivity contribution is 0.297. The fourth-order valence-corrected chi connectivity index (χ4v) is 2.86. The van der Waals surface area contributed by atoms with Crippen LogP contribution in [0.1, 0.15) is 17.5 Å². The Morgan fingerprint density at radius 2 is 1.76 bits per heavy atom. The molecule has 5 nitrogen and oxygen atoms in total. The van der Waals surface area contributed by atoms with E-state index in [1.54, 1.807) is 7.05 Å². The molecule has 0 saturated heterocycles. The Kier molecular flexibility index (Phi) is 6.01. The highest BCUT2D eigenvalue weighted by Gasteiger charge is 2.15. The van der Waals surface area contributed by atoms with E-state index in [0.29, 0.717) is 42.8 Å². The highest BCUT2D eigenvalue weighted by atomic mass is 35.5. The lowest BCUT2D eigenvalue weighted by atomic mass is 10.2. The standard InChI is InChI=1S/C19H22ClN3O2/c1-21-19(22-12-14-6-3-2-4-7-14)23-13-15-10-16(20)18-17(11-15)24-8-5-9-25-18/h2-4,6-7,10-11H,5,8-9,12-13H2,1H3,(H2,21,22,23). The summed E-state index contributed by atoms with van der Waals surface area (Å²) in [5.74, 6) is 2.07. The zero-order valence-corrected chi connectivity index (χ0v) is 15.0. The van der Waals surface area contributed by atoms with Crippen molar-refractivity contribution in [3.05, 3.63) is 58.6 Å². The van der Waals surface area contributed by atoms with Gasteiger partial charge in [0.2, 0.25) is 0 Å². The van der Waals surface area contributed by atoms with Crippen LogP contribution in [0.2, 0.25) is 5.02 Å². The molecule has 0 amide bonds. The van der Waals surface area contributed by atoms with Crippen LogP contribution in [0, 0.1) is 0 Å². The summed E-state index contributed by atoms with van der Waals surface area (Å²) in [6, 6.07) is 14.1. The summed E-state index contributed by atoms with van der Waals surface area (Å²) in [4.78, 5) is 4.25. The van der Waals surface area contributed by atoms with Crippen LogP contribution in [-0.4, -0.2) is 26.2 Å². The molecule has 6 heteroatoms. The fourth-order valence-electron chi connectivity index (χ4n) is 2.57. The topological polar surface area (TPSA) is 54.9 Å². The number of hydrogen-bond acceptors (Lipinski definition) is 3. The molecule has 0 saturated carbocycles. The van der Waals surface area contributed by atoms with Crippen molar-refractivity contribution >= 4 is 17.6 Å². The molecule has 2 N–H and O–H groups in total. The van der Waals surface area contributed by atoms with Crippen molar-refractivity contribution in [1.82, 2.24) is 10.6 Å². The lowest BCUT2D eigenvalue weighted by Gasteiger charge is -2.14. The number of ether oxygens (including phenoxy) is 2. The smallest absolute Gasteiger partial charge is 0.191 e. The Morgan fingerprint density at radius 1 is 1.04 bits per heavy atom. The van der Waals surface area contributed by atoms with Gasteiger partial charge in [-0.25, -0.2) is 0 Å². The average Bonchev–Trinajstić information content (AvgIpc) is 2.88. The van der Waals surface area contributed by atoms with Crippen LogP contribution in [0.3, 0.4) is 0 Å². The zero-order chi connectivity index (χ0) is 17.5. The minimum atomic E-state index is 0.573. The zero-order valence-electron chi connectivity index (χ0n) is 14.2. The predicted molar refractivity (Wildman–Crippen MR) is 101 cm³/mol. The quantitative estimate of drug-likeness (QED) is 0.649. The highest BCUT2D eigenvalue weighted by molar-refractivity contribution is 6.32. The van der Waals surface area contributed by atoms with Crippen molar-refractivity contribution in [1.29, 1.82) is 0 Å². The second-order valence-corrected chi connectivity index (χ2v) is 6.13. The maximum atomic E-state index is 6.33. The largest absolute Gasteiger partial charge is 0.489 e. The van der Waals surface area contributed by atoms with Crippen molar-refractivity contribution < 1.29 is 9.47 Å². The van der Waals surface area contributed by atoms with Crippen LogP contribution in [0.25, 0.3) is 0 Å². The fraction of sp³-hybridized carbons (Fsp3) is 0.316. The number of fused-ring (bicyclic) bond motifs is 1. The van der Waals surface area contributed by atoms with E-state index < -0.39 is 0 Å². The van der Waals surface area contributed by atoms with Gasteiger partial charge in [0.1, 0.15) is 0 Å². The normalized spacial score (nSPS) is 13.9. The first-order chi connectivity index (χ1) is 12.3. The summed E-state index contributed by atoms with van der Waals surface area (Å²) >= 11 is 6.33. The predicted octanol–water partition coefficient (Wildman–Crippen LogP) is 3.37. The number of aliphatic imine (C=N–C) groups is 1. The molecule has 3 rings (SSSR count). The molecule has 2 aromatic carbocycles. The van der Waals surface area contributed by atoms with Crippen LogP contribution >= 0.6 is 11.6 Å². The highest BCUT2D eigenvalue weighted by Crippen LogP contribution is 2.37. The molecule has 0 aromatic heterocycles. The van der Waals surface area contributed by atoms with E-state index in [-0.39, 0.29) is 0 Å². The van der Waals surface area contributed by atoms with Gasteiger partial charge in [0.05, 0.1) is 18.2 Å². The SMILES string of the molecule is CN=C(NCc1ccccc1)NCc1cc(Cl)c2c(c1)OCCCO2. The van der Waals surface area contributed by atoms with Gasteiger partial charge in [-0.2, -0.15) is 0 Å². The van der Waals surface area contributed by atoms with E-state index >= 15 is 0 Å². The van der Waals surface area contributed by atoms with Gasteiger partial charge in [-0.3, -0.25) is 4.99 Å². The van der Waals surface area contributed by atoms with E-state index in [1.165, 1.54) is 5.56 Å². The van der Waals surface area contributed by atoms with Crippen LogP contribution in [0.15, 0.2) is 47.5 Å². The van der Waals surface area contributed by atoms with Gasteiger partial charge in [0.25, 0.3) is 0 Å². The molecule has 132 valence electrons. The van der Waals surface area contributed by atoms with Gasteiger partial charge in [-0.1, -0.05) is 41.9 Å². The minimum absolute atomic E-state index is 0.573. The van der Waals surface area contributed by atoms with Crippen molar-refractivity contribution in [2.75, 3.05) is 20.3 Å². The molecule has 2 aromatic rings. The van der Waals surface area contributed by atoms with E-state index in [4.69, 9.17) is 21.1 Å². The first kappa shape index (κ1) is 17.4. The third-order valence-corrected chi connectivity index (χ3v) is 4.13. The van der Waals surface area contributed by atoms with Gasteiger partial charge in [-0.05, 0) is 23.3 Å². The second kappa shape index (κ2) is 8.62. The number of benzene rings is 2. The van der Waals surface area contributed by atoms with Gasteiger partial charge in [0.15, 0.2) is 17.5 Å². The molecular formula is C19H22ClN3O2. The Labute approximate surface area is 153 Å². The first-order valence-electron chi connectivity index (χ1n) is 8.32. The van der Waals surface area contributed by atoms with Crippen LogP contribution < -0.4 is 20.1 Å². The van der Waals surface area contributed by atoms with Gasteiger partial charge < -0.3 is 20.1 Å². The minimum Gasteiger partial charge on any atom is -0.489 e. The molecular weight excluding hydrogens is 338 g/mol. The van der Waals surface area contributed by atoms with E-state index in [9.17, 15) is 0 Å². The number of hydrogen-bond donors (Lipinski definition) is 2. The number of halogens is 1. The third-order valence-electron chi connectivity index (χ3n) is 3.85. The molecule has 1 aliphatic rings. The van der Waals surface area contributed by atoms with Crippen LogP contribution in [-0.2, 0) is 13.1 Å². The lowest BCUT2D eigenvalue weighted by Crippen LogP contribution is -2.36. The molecule has 25 heavy (non-hydrogen) atoms. The van der Waals surface area contributed by atoms with E-state index in [1.807, 2.05) is 30.3 Å². The monoisotopic (exact) mass is 359 g/mol. The molecule has 0 atom stereocenters. The summed E-state index contributed by atoms with van der Waals surface area (Å²) in [6.07, 6.45) is 0.856. The Bertz CT molecular complexity index is 735. The summed E-state index contributed by atoms with van der Waals surface area (Å²) in [7, 11) is 1.75. The molecule has 1 heterocycles. The van der Waals surface area contributed by atoms with Gasteiger partial charge >= 0.3 is 0 Å². The molecule has 0 fully saturated rings. The van der Waals surface area contributed by atoms with Crippen LogP contribution in [0.4, 0.5) is 0 Å². The number of nitrogens with zero attached hydrogens (tertiary/aromatic N) is 1. The molecule has 0 radical (unpaired) electrons. The Balaban J connectivity index is 1.60. The molecule has 0 spiro atoms. The maximum Gasteiger partial charge on any atom is 0.191 e. The molecule has 0 unspecified atom stereocenters. The average molecular weight is 360 g/mol. The van der Waals surface area contributed by atoms with Crippen molar-refractivity contribution in [2.24, 2.45) is 4.99 Å². The summed E-state index contributed by atoms with van der Waals surface area (Å²) < 4.78 is 11.4. The summed E-state index contributed by atoms with van der Waals surface area (Å²) in [5.41, 5.74) is 2.21. The summed E-state index contributed by atoms with van der Waals surface area (Å²) in [5, 5.41) is 7.15. The number of guanidine groups is 1. The van der Waals surface area contributed by atoms with Crippen LogP contribution in [0.5, 0.6) is 11.5 Å². The van der Waals surface area contributed by atoms with Crippen molar-refractivity contribution in [3.63, 3.8) is 0 Å². The Hall–Kier alpha value is -2.40. The van der Waals surface area contributed by atoms with Gasteiger partial charge in [0, 0.05) is 26.6 Å². The maximum absolute atomic E-state index is 6.33. The molecule has 0 aliphatic carbocycles. The summed E-state index contributed by atoms with van der Waals surface area (Å²) in [6.45, 7) is 2.56. The van der Waals surface area contributed by atoms with Crippen molar-refractivity contribution in [2.45, 2.75) is 19.5 Å². The molecule has 1 aliphatic heterocycles. The number of rotatable bonds is 4. The Morgan fingerprint density at radius 3 is 2.52 bits per heavy atom.